The number of amides is 1. The first-order chi connectivity index (χ1) is 9.81. The van der Waals surface area contributed by atoms with Crippen LogP contribution in [0.5, 0.6) is 5.75 Å². The van der Waals surface area contributed by atoms with Gasteiger partial charge in [-0.05, 0) is 25.0 Å². The number of nitro groups is 1. The molecule has 3 N–H and O–H groups in total. The van der Waals surface area contributed by atoms with Gasteiger partial charge in [-0.2, -0.15) is 0 Å². The van der Waals surface area contributed by atoms with Gasteiger partial charge in [0.2, 0.25) is 5.91 Å². The summed E-state index contributed by atoms with van der Waals surface area (Å²) in [5.41, 5.74) is 5.75. The van der Waals surface area contributed by atoms with Gasteiger partial charge in [-0.25, -0.2) is 0 Å². The molecule has 1 amide bonds. The predicted octanol–water partition coefficient (Wildman–Crippen LogP) is 1.46. The largest absolute Gasteiger partial charge is 0.491 e. The van der Waals surface area contributed by atoms with Crippen LogP contribution in [0.1, 0.15) is 20.8 Å². The van der Waals surface area contributed by atoms with Gasteiger partial charge < -0.3 is 15.8 Å². The zero-order chi connectivity index (χ0) is 16.0. The summed E-state index contributed by atoms with van der Waals surface area (Å²) in [5, 5.41) is 13.3. The molecule has 2 atom stereocenters. The maximum atomic E-state index is 11.8. The molecule has 0 radical (unpaired) electrons. The zero-order valence-electron chi connectivity index (χ0n) is 12.4. The topological polar surface area (TPSA) is 107 Å². The number of nitro benzene ring substituents is 1. The molecule has 1 rings (SSSR count). The van der Waals surface area contributed by atoms with Crippen molar-refractivity contribution < 1.29 is 14.5 Å². The highest BCUT2D eigenvalue weighted by Gasteiger charge is 2.19. The molecule has 0 spiro atoms. The quantitative estimate of drug-likeness (QED) is 0.585. The molecule has 7 heteroatoms. The van der Waals surface area contributed by atoms with Gasteiger partial charge in [0.1, 0.15) is 12.4 Å². The second-order valence-corrected chi connectivity index (χ2v) is 5.24. The lowest BCUT2D eigenvalue weighted by Crippen LogP contribution is -2.48. The monoisotopic (exact) mass is 295 g/mol. The van der Waals surface area contributed by atoms with Crippen molar-refractivity contribution in [1.82, 2.24) is 5.32 Å². The molecule has 0 aromatic heterocycles. The summed E-state index contributed by atoms with van der Waals surface area (Å²) in [6.45, 7) is 5.81. The molecule has 0 saturated heterocycles. The number of non-ortho nitro benzene ring substituents is 1. The van der Waals surface area contributed by atoms with Crippen LogP contribution in [-0.4, -0.2) is 29.5 Å². The number of hydrogen-bond donors (Lipinski definition) is 2. The van der Waals surface area contributed by atoms with Crippen LogP contribution in [0.4, 0.5) is 5.69 Å². The fraction of sp³-hybridized carbons (Fsp3) is 0.500. The minimum atomic E-state index is -0.549. The van der Waals surface area contributed by atoms with E-state index in [9.17, 15) is 14.9 Å². The standard InChI is InChI=1S/C14H21N3O4/c1-9(2)13(15)14(18)16-10(3)8-21-12-6-4-11(5-7-12)17(19)20/h4-7,9-10,13H,8,15H2,1-3H3,(H,16,18)/t10?,13-/m0/s1. The number of carbonyl (C=O) groups is 1. The van der Waals surface area contributed by atoms with E-state index in [0.29, 0.717) is 5.75 Å². The highest BCUT2D eigenvalue weighted by Crippen LogP contribution is 2.17. The van der Waals surface area contributed by atoms with E-state index in [1.807, 2.05) is 13.8 Å². The Balaban J connectivity index is 2.44. The number of rotatable bonds is 7. The number of nitrogens with one attached hydrogen (secondary N) is 1. The second kappa shape index (κ2) is 7.58. The van der Waals surface area contributed by atoms with Crippen LogP contribution in [0, 0.1) is 16.0 Å². The predicted molar refractivity (Wildman–Crippen MR) is 79.0 cm³/mol. The van der Waals surface area contributed by atoms with Gasteiger partial charge in [0.25, 0.3) is 5.69 Å². The van der Waals surface area contributed by atoms with Crippen molar-refractivity contribution in [3.8, 4) is 5.75 Å². The molecular formula is C14H21N3O4. The van der Waals surface area contributed by atoms with Gasteiger partial charge in [0, 0.05) is 12.1 Å². The van der Waals surface area contributed by atoms with Crippen LogP contribution in [0.25, 0.3) is 0 Å². The van der Waals surface area contributed by atoms with Crippen molar-refractivity contribution in [3.05, 3.63) is 34.4 Å². The minimum absolute atomic E-state index is 0.00612. The first-order valence-corrected chi connectivity index (χ1v) is 6.74. The molecule has 1 unspecified atom stereocenters. The Hall–Kier alpha value is -2.15. The van der Waals surface area contributed by atoms with E-state index >= 15 is 0 Å². The molecule has 0 fully saturated rings. The number of nitrogens with two attached hydrogens (primary N) is 1. The zero-order valence-corrected chi connectivity index (χ0v) is 12.4. The van der Waals surface area contributed by atoms with E-state index in [2.05, 4.69) is 5.32 Å². The Labute approximate surface area is 123 Å². The van der Waals surface area contributed by atoms with Gasteiger partial charge in [0.05, 0.1) is 17.0 Å². The average molecular weight is 295 g/mol. The Bertz CT molecular complexity index is 487. The molecular weight excluding hydrogens is 274 g/mol. The molecule has 0 bridgehead atoms. The molecule has 116 valence electrons. The van der Waals surface area contributed by atoms with Crippen molar-refractivity contribution >= 4 is 11.6 Å². The highest BCUT2D eigenvalue weighted by molar-refractivity contribution is 5.81. The summed E-state index contributed by atoms with van der Waals surface area (Å²) in [4.78, 5) is 21.8. The van der Waals surface area contributed by atoms with Crippen molar-refractivity contribution in [1.29, 1.82) is 0 Å². The van der Waals surface area contributed by atoms with Crippen molar-refractivity contribution in [2.24, 2.45) is 11.7 Å². The van der Waals surface area contributed by atoms with Crippen LogP contribution < -0.4 is 15.8 Å². The normalized spacial score (nSPS) is 13.6. The lowest BCUT2D eigenvalue weighted by Gasteiger charge is -2.19. The van der Waals surface area contributed by atoms with E-state index in [-0.39, 0.29) is 30.2 Å². The molecule has 7 nitrogen and oxygen atoms in total. The van der Waals surface area contributed by atoms with Crippen LogP contribution in [0.2, 0.25) is 0 Å². The van der Waals surface area contributed by atoms with Gasteiger partial charge in [0.15, 0.2) is 0 Å². The second-order valence-electron chi connectivity index (χ2n) is 5.24. The average Bonchev–Trinajstić information content (AvgIpc) is 2.44. The summed E-state index contributed by atoms with van der Waals surface area (Å²) in [6.07, 6.45) is 0. The van der Waals surface area contributed by atoms with Crippen molar-refractivity contribution in [2.45, 2.75) is 32.9 Å². The summed E-state index contributed by atoms with van der Waals surface area (Å²) in [5.74, 6) is 0.354. The van der Waals surface area contributed by atoms with Crippen LogP contribution in [0.15, 0.2) is 24.3 Å². The van der Waals surface area contributed by atoms with E-state index < -0.39 is 11.0 Å². The summed E-state index contributed by atoms with van der Waals surface area (Å²) in [6, 6.07) is 5.02. The van der Waals surface area contributed by atoms with Crippen LogP contribution in [-0.2, 0) is 4.79 Å². The van der Waals surface area contributed by atoms with E-state index in [1.54, 1.807) is 6.92 Å². The molecule has 1 aromatic rings. The molecule has 0 aliphatic carbocycles. The first kappa shape index (κ1) is 16.9. The van der Waals surface area contributed by atoms with Gasteiger partial charge >= 0.3 is 0 Å². The third kappa shape index (κ3) is 5.39. The minimum Gasteiger partial charge on any atom is -0.491 e. The first-order valence-electron chi connectivity index (χ1n) is 6.74. The fourth-order valence-corrected chi connectivity index (χ4v) is 1.57. The number of ether oxygens (including phenoxy) is 1. The Morgan fingerprint density at radius 3 is 2.38 bits per heavy atom. The summed E-state index contributed by atoms with van der Waals surface area (Å²) in [7, 11) is 0. The van der Waals surface area contributed by atoms with E-state index in [0.717, 1.165) is 0 Å². The van der Waals surface area contributed by atoms with Gasteiger partial charge in [-0.15, -0.1) is 0 Å². The molecule has 1 aromatic carbocycles. The van der Waals surface area contributed by atoms with E-state index in [1.165, 1.54) is 24.3 Å². The fourth-order valence-electron chi connectivity index (χ4n) is 1.57. The van der Waals surface area contributed by atoms with E-state index in [4.69, 9.17) is 10.5 Å². The highest BCUT2D eigenvalue weighted by atomic mass is 16.6. The maximum Gasteiger partial charge on any atom is 0.269 e. The van der Waals surface area contributed by atoms with Crippen molar-refractivity contribution in [3.63, 3.8) is 0 Å². The number of carbonyl (C=O) groups excluding carboxylic acids is 1. The van der Waals surface area contributed by atoms with Gasteiger partial charge in [-0.3, -0.25) is 14.9 Å². The number of hydrogen-bond acceptors (Lipinski definition) is 5. The summed E-state index contributed by atoms with van der Waals surface area (Å²) < 4.78 is 5.47. The Morgan fingerprint density at radius 2 is 1.90 bits per heavy atom. The lowest BCUT2D eigenvalue weighted by atomic mass is 10.0. The Kier molecular flexibility index (Phi) is 6.10. The smallest absolute Gasteiger partial charge is 0.269 e. The lowest BCUT2D eigenvalue weighted by molar-refractivity contribution is -0.384. The molecule has 0 heterocycles. The molecule has 0 aliphatic rings. The van der Waals surface area contributed by atoms with Crippen LogP contribution in [0.3, 0.4) is 0 Å². The third-order valence-corrected chi connectivity index (χ3v) is 2.96. The molecule has 0 saturated carbocycles. The SMILES string of the molecule is CC(COc1ccc([N+](=O)[O-])cc1)NC(=O)[C@@H](N)C(C)C. The summed E-state index contributed by atoms with van der Waals surface area (Å²) >= 11 is 0. The van der Waals surface area contributed by atoms with Crippen molar-refractivity contribution in [2.75, 3.05) is 6.61 Å². The molecule has 0 aliphatic heterocycles. The number of nitrogens with zero attached hydrogens (tertiary/aromatic N) is 1. The third-order valence-electron chi connectivity index (χ3n) is 2.96. The Morgan fingerprint density at radius 1 is 1.33 bits per heavy atom. The molecule has 21 heavy (non-hydrogen) atoms. The van der Waals surface area contributed by atoms with Gasteiger partial charge in [-0.1, -0.05) is 13.8 Å². The number of benzene rings is 1. The maximum absolute atomic E-state index is 11.8. The van der Waals surface area contributed by atoms with Crippen LogP contribution >= 0.6 is 0 Å².